The van der Waals surface area contributed by atoms with Crippen molar-refractivity contribution in [2.24, 2.45) is 5.14 Å². The summed E-state index contributed by atoms with van der Waals surface area (Å²) in [5.41, 5.74) is 3.87. The van der Waals surface area contributed by atoms with Crippen molar-refractivity contribution in [3.63, 3.8) is 0 Å². The Bertz CT molecular complexity index is 1630. The lowest BCUT2D eigenvalue weighted by Gasteiger charge is -2.18. The number of carbonyl (C=O) groups excluding carboxylic acids is 1. The highest BCUT2D eigenvalue weighted by atomic mass is 32.2. The van der Waals surface area contributed by atoms with Gasteiger partial charge < -0.3 is 5.32 Å². The fraction of sp³-hybridized carbons (Fsp3) is 0. The highest BCUT2D eigenvalue weighted by Crippen LogP contribution is 2.40. The Hall–Kier alpha value is -4.26. The van der Waals surface area contributed by atoms with E-state index in [1.807, 2.05) is 78.9 Å². The van der Waals surface area contributed by atoms with Crippen LogP contribution in [0.5, 0.6) is 0 Å². The molecular formula is C29H22N2O3S. The average Bonchev–Trinajstić information content (AvgIpc) is 2.89. The zero-order valence-corrected chi connectivity index (χ0v) is 19.5. The van der Waals surface area contributed by atoms with Crippen LogP contribution in [0.3, 0.4) is 0 Å². The van der Waals surface area contributed by atoms with Gasteiger partial charge in [0.05, 0.1) is 10.6 Å². The summed E-state index contributed by atoms with van der Waals surface area (Å²) < 4.78 is 25.5. The number of fused-ring (bicyclic) bond motifs is 1. The summed E-state index contributed by atoms with van der Waals surface area (Å²) in [6.07, 6.45) is 0. The Morgan fingerprint density at radius 2 is 1.20 bits per heavy atom. The van der Waals surface area contributed by atoms with E-state index < -0.39 is 10.0 Å². The summed E-state index contributed by atoms with van der Waals surface area (Å²) in [5, 5.41) is 10.0. The smallest absolute Gasteiger partial charge is 0.255 e. The van der Waals surface area contributed by atoms with E-state index in [0.29, 0.717) is 33.2 Å². The molecule has 0 spiro atoms. The van der Waals surface area contributed by atoms with E-state index >= 15 is 0 Å². The summed E-state index contributed by atoms with van der Waals surface area (Å²) >= 11 is 0. The quantitative estimate of drug-likeness (QED) is 0.321. The number of benzene rings is 5. The maximum absolute atomic E-state index is 13.1. The zero-order valence-electron chi connectivity index (χ0n) is 18.7. The number of hydrogen-bond donors (Lipinski definition) is 2. The van der Waals surface area contributed by atoms with Crippen molar-refractivity contribution in [2.45, 2.75) is 4.90 Å². The highest BCUT2D eigenvalue weighted by molar-refractivity contribution is 7.89. The number of hydrogen-bond acceptors (Lipinski definition) is 3. The van der Waals surface area contributed by atoms with Gasteiger partial charge in [0.15, 0.2) is 0 Å². The molecule has 0 saturated heterocycles. The van der Waals surface area contributed by atoms with Crippen LogP contribution in [0, 0.1) is 0 Å². The molecule has 0 bridgehead atoms. The minimum Gasteiger partial charge on any atom is -0.321 e. The standard InChI is InChI=1S/C29H22N2O3S/c30-35(33,34)26-19-24-13-7-8-14-25(24)28(31-29(32)23-11-5-2-6-12-23)27(26)22-17-15-21(16-18-22)20-9-3-1-4-10-20/h1-19H,(H,31,32)(H2,30,33,34). The van der Waals surface area contributed by atoms with Gasteiger partial charge in [0, 0.05) is 16.5 Å². The maximum Gasteiger partial charge on any atom is 0.255 e. The molecule has 0 saturated carbocycles. The second-order valence-corrected chi connectivity index (χ2v) is 9.68. The molecule has 0 aliphatic heterocycles. The van der Waals surface area contributed by atoms with Crippen LogP contribution in [0.4, 0.5) is 5.69 Å². The monoisotopic (exact) mass is 478 g/mol. The predicted molar refractivity (Wildman–Crippen MR) is 141 cm³/mol. The van der Waals surface area contributed by atoms with E-state index in [9.17, 15) is 13.2 Å². The Balaban J connectivity index is 1.73. The van der Waals surface area contributed by atoms with Gasteiger partial charge in [-0.1, -0.05) is 97.1 Å². The van der Waals surface area contributed by atoms with E-state index in [-0.39, 0.29) is 10.8 Å². The first kappa shape index (κ1) is 22.5. The first-order valence-electron chi connectivity index (χ1n) is 11.0. The molecule has 0 aliphatic carbocycles. The first-order valence-corrected chi connectivity index (χ1v) is 12.6. The molecule has 0 radical (unpaired) electrons. The van der Waals surface area contributed by atoms with E-state index in [2.05, 4.69) is 5.32 Å². The van der Waals surface area contributed by atoms with Gasteiger partial charge >= 0.3 is 0 Å². The maximum atomic E-state index is 13.1. The summed E-state index contributed by atoms with van der Waals surface area (Å²) in [4.78, 5) is 13.1. The lowest BCUT2D eigenvalue weighted by Crippen LogP contribution is -2.17. The molecular weight excluding hydrogens is 456 g/mol. The lowest BCUT2D eigenvalue weighted by molar-refractivity contribution is 0.102. The molecule has 1 amide bonds. The molecule has 35 heavy (non-hydrogen) atoms. The van der Waals surface area contributed by atoms with Gasteiger partial charge in [-0.3, -0.25) is 4.79 Å². The van der Waals surface area contributed by atoms with Crippen molar-refractivity contribution in [3.05, 3.63) is 121 Å². The minimum absolute atomic E-state index is 0.0491. The van der Waals surface area contributed by atoms with Gasteiger partial charge in [-0.2, -0.15) is 0 Å². The fourth-order valence-corrected chi connectivity index (χ4v) is 4.99. The molecule has 5 nitrogen and oxygen atoms in total. The van der Waals surface area contributed by atoms with Crippen LogP contribution in [0.15, 0.2) is 120 Å². The van der Waals surface area contributed by atoms with Crippen molar-refractivity contribution in [1.82, 2.24) is 0 Å². The third-order valence-corrected chi connectivity index (χ3v) is 6.81. The highest BCUT2D eigenvalue weighted by Gasteiger charge is 2.23. The van der Waals surface area contributed by atoms with Crippen LogP contribution in [-0.4, -0.2) is 14.3 Å². The van der Waals surface area contributed by atoms with Crippen molar-refractivity contribution >= 4 is 32.4 Å². The van der Waals surface area contributed by atoms with E-state index in [4.69, 9.17) is 5.14 Å². The van der Waals surface area contributed by atoms with Crippen LogP contribution >= 0.6 is 0 Å². The number of anilines is 1. The Morgan fingerprint density at radius 1 is 0.657 bits per heavy atom. The van der Waals surface area contributed by atoms with Gasteiger partial charge in [-0.25, -0.2) is 13.6 Å². The Labute approximate surface area is 203 Å². The van der Waals surface area contributed by atoms with Gasteiger partial charge in [0.1, 0.15) is 0 Å². The number of amides is 1. The summed E-state index contributed by atoms with van der Waals surface area (Å²) in [6.45, 7) is 0. The zero-order chi connectivity index (χ0) is 24.4. The lowest BCUT2D eigenvalue weighted by atomic mass is 9.96. The SMILES string of the molecule is NS(=O)(=O)c1cc2ccccc2c(NC(=O)c2ccccc2)c1-c1ccc(-c2ccccc2)cc1. The van der Waals surface area contributed by atoms with Crippen molar-refractivity contribution < 1.29 is 13.2 Å². The third-order valence-electron chi connectivity index (χ3n) is 5.87. The summed E-state index contributed by atoms with van der Waals surface area (Å²) in [7, 11) is -4.11. The average molecular weight is 479 g/mol. The van der Waals surface area contributed by atoms with Crippen LogP contribution in [-0.2, 0) is 10.0 Å². The Morgan fingerprint density at radius 3 is 1.86 bits per heavy atom. The molecule has 5 rings (SSSR count). The van der Waals surface area contributed by atoms with Crippen LogP contribution in [0.2, 0.25) is 0 Å². The van der Waals surface area contributed by atoms with Gasteiger partial charge in [0.2, 0.25) is 10.0 Å². The second kappa shape index (κ2) is 9.18. The van der Waals surface area contributed by atoms with E-state index in [1.54, 1.807) is 36.4 Å². The summed E-state index contributed by atoms with van der Waals surface area (Å²) in [6, 6.07) is 35.1. The third kappa shape index (κ3) is 4.57. The summed E-state index contributed by atoms with van der Waals surface area (Å²) in [5.74, 6) is -0.343. The molecule has 172 valence electrons. The molecule has 0 aromatic heterocycles. The number of sulfonamides is 1. The molecule has 0 fully saturated rings. The van der Waals surface area contributed by atoms with E-state index in [0.717, 1.165) is 11.1 Å². The number of rotatable bonds is 5. The van der Waals surface area contributed by atoms with Crippen LogP contribution in [0.25, 0.3) is 33.0 Å². The first-order chi connectivity index (χ1) is 16.9. The van der Waals surface area contributed by atoms with Crippen molar-refractivity contribution in [2.75, 3.05) is 5.32 Å². The molecule has 0 heterocycles. The van der Waals surface area contributed by atoms with Crippen LogP contribution < -0.4 is 10.5 Å². The van der Waals surface area contributed by atoms with E-state index in [1.165, 1.54) is 0 Å². The number of primary sulfonamides is 1. The van der Waals surface area contributed by atoms with Gasteiger partial charge in [-0.05, 0) is 40.3 Å². The second-order valence-electron chi connectivity index (χ2n) is 8.15. The predicted octanol–water partition coefficient (Wildman–Crippen LogP) is 6.07. The number of carbonyl (C=O) groups is 1. The molecule has 5 aromatic carbocycles. The van der Waals surface area contributed by atoms with Gasteiger partial charge in [-0.15, -0.1) is 0 Å². The molecule has 6 heteroatoms. The molecule has 0 unspecified atom stereocenters. The minimum atomic E-state index is -4.11. The number of nitrogens with one attached hydrogen (secondary N) is 1. The normalized spacial score (nSPS) is 11.3. The topological polar surface area (TPSA) is 89.3 Å². The van der Waals surface area contributed by atoms with Crippen molar-refractivity contribution in [1.29, 1.82) is 0 Å². The Kier molecular flexibility index (Phi) is 5.91. The molecule has 3 N–H and O–H groups in total. The van der Waals surface area contributed by atoms with Crippen LogP contribution in [0.1, 0.15) is 10.4 Å². The van der Waals surface area contributed by atoms with Gasteiger partial charge in [0.25, 0.3) is 5.91 Å². The largest absolute Gasteiger partial charge is 0.321 e. The molecule has 5 aromatic rings. The fourth-order valence-electron chi connectivity index (χ4n) is 4.20. The number of nitrogens with two attached hydrogens (primary N) is 1. The van der Waals surface area contributed by atoms with Crippen molar-refractivity contribution in [3.8, 4) is 22.3 Å². The molecule has 0 atom stereocenters. The molecule has 0 aliphatic rings.